The van der Waals surface area contributed by atoms with Crippen molar-refractivity contribution in [2.45, 2.75) is 0 Å². The molecule has 28 heavy (non-hydrogen) atoms. The van der Waals surface area contributed by atoms with E-state index in [9.17, 15) is 10.1 Å². The smallest absolute Gasteiger partial charge is 0.231 e. The van der Waals surface area contributed by atoms with Gasteiger partial charge in [0.2, 0.25) is 12.6 Å². The number of Topliss-reactive ketones (excluding diaryl/α,β-unsaturated/α-hetero) is 1. The van der Waals surface area contributed by atoms with Crippen LogP contribution in [0.2, 0.25) is 0 Å². The number of allylic oxidation sites excluding steroid dienone is 1. The summed E-state index contributed by atoms with van der Waals surface area (Å²) >= 11 is 0. The van der Waals surface area contributed by atoms with Gasteiger partial charge in [-0.3, -0.25) is 9.89 Å². The predicted molar refractivity (Wildman–Crippen MR) is 101 cm³/mol. The van der Waals surface area contributed by atoms with Crippen LogP contribution in [0.25, 0.3) is 17.3 Å². The van der Waals surface area contributed by atoms with Gasteiger partial charge in [-0.1, -0.05) is 0 Å². The number of rotatable bonds is 5. The van der Waals surface area contributed by atoms with E-state index in [4.69, 9.17) is 14.2 Å². The topological polar surface area (TPSA) is 97.2 Å². The molecule has 0 radical (unpaired) electrons. The average molecular weight is 373 g/mol. The van der Waals surface area contributed by atoms with Gasteiger partial charge in [0, 0.05) is 16.7 Å². The maximum Gasteiger partial charge on any atom is 0.231 e. The van der Waals surface area contributed by atoms with Crippen LogP contribution in [0.15, 0.2) is 54.2 Å². The van der Waals surface area contributed by atoms with Crippen LogP contribution in [-0.2, 0) is 0 Å². The van der Waals surface area contributed by atoms with Gasteiger partial charge < -0.3 is 14.2 Å². The molecular formula is C21H15N3O4. The number of hydrogen-bond donors (Lipinski definition) is 1. The lowest BCUT2D eigenvalue weighted by Gasteiger charge is -2.04. The number of aromatic nitrogens is 2. The highest BCUT2D eigenvalue weighted by Gasteiger charge is 2.19. The number of aromatic amines is 1. The van der Waals surface area contributed by atoms with Crippen LogP contribution in [-0.4, -0.2) is 29.9 Å². The maximum absolute atomic E-state index is 12.8. The summed E-state index contributed by atoms with van der Waals surface area (Å²) in [5, 5.41) is 16.5. The summed E-state index contributed by atoms with van der Waals surface area (Å²) in [6.45, 7) is 0.119. The minimum Gasteiger partial charge on any atom is -0.497 e. The number of nitrogens with zero attached hydrogens (tertiary/aromatic N) is 2. The molecule has 1 N–H and O–H groups in total. The van der Waals surface area contributed by atoms with Gasteiger partial charge in [0.25, 0.3) is 0 Å². The summed E-state index contributed by atoms with van der Waals surface area (Å²) in [7, 11) is 1.60. The summed E-state index contributed by atoms with van der Waals surface area (Å²) in [6, 6.07) is 14.2. The number of carbonyl (C=O) groups is 1. The van der Waals surface area contributed by atoms with Gasteiger partial charge in [0.1, 0.15) is 17.4 Å². The minimum atomic E-state index is -0.400. The molecule has 3 aromatic rings. The molecule has 7 nitrogen and oxygen atoms in total. The van der Waals surface area contributed by atoms with Gasteiger partial charge in [-0.05, 0) is 48.5 Å². The molecule has 2 heterocycles. The van der Waals surface area contributed by atoms with Gasteiger partial charge in [-0.15, -0.1) is 0 Å². The quantitative estimate of drug-likeness (QED) is 0.417. The zero-order valence-corrected chi connectivity index (χ0v) is 14.9. The number of carbonyl (C=O) groups excluding carboxylic acids is 1. The fraction of sp³-hybridized carbons (Fsp3) is 0.0952. The first-order valence-electron chi connectivity index (χ1n) is 8.43. The molecule has 0 atom stereocenters. The SMILES string of the molecule is COc1ccc(-c2[nH]ncc2/C=C(\C#N)C(=O)c2ccc3c(c2)OCO3)cc1. The van der Waals surface area contributed by atoms with Crippen LogP contribution in [0.1, 0.15) is 15.9 Å². The largest absolute Gasteiger partial charge is 0.497 e. The molecule has 0 amide bonds. The van der Waals surface area contributed by atoms with Crippen molar-refractivity contribution < 1.29 is 19.0 Å². The molecule has 0 fully saturated rings. The van der Waals surface area contributed by atoms with E-state index in [1.54, 1.807) is 31.5 Å². The number of ketones is 1. The van der Waals surface area contributed by atoms with Crippen molar-refractivity contribution in [1.82, 2.24) is 10.2 Å². The highest BCUT2D eigenvalue weighted by molar-refractivity contribution is 6.14. The highest BCUT2D eigenvalue weighted by Crippen LogP contribution is 2.33. The Hall–Kier alpha value is -4.05. The Morgan fingerprint density at radius 2 is 2.00 bits per heavy atom. The standard InChI is InChI=1S/C21H15N3O4/c1-26-17-5-2-13(3-6-17)20-16(11-23-24-20)8-15(10-22)21(25)14-4-7-18-19(9-14)28-12-27-18/h2-9,11H,12H2,1H3,(H,23,24)/b15-8+. The molecule has 0 bridgehead atoms. The normalized spacial score (nSPS) is 12.5. The molecule has 0 unspecified atom stereocenters. The highest BCUT2D eigenvalue weighted by atomic mass is 16.7. The zero-order chi connectivity index (χ0) is 19.5. The lowest BCUT2D eigenvalue weighted by atomic mass is 10.0. The predicted octanol–water partition coefficient (Wildman–Crippen LogP) is 3.60. The van der Waals surface area contributed by atoms with E-state index in [1.165, 1.54) is 6.08 Å². The van der Waals surface area contributed by atoms with Crippen molar-refractivity contribution in [2.75, 3.05) is 13.9 Å². The van der Waals surface area contributed by atoms with Crippen molar-refractivity contribution in [2.24, 2.45) is 0 Å². The van der Waals surface area contributed by atoms with Crippen molar-refractivity contribution in [1.29, 1.82) is 5.26 Å². The van der Waals surface area contributed by atoms with Crippen molar-refractivity contribution in [3.63, 3.8) is 0 Å². The second-order valence-corrected chi connectivity index (χ2v) is 6.00. The van der Waals surface area contributed by atoms with E-state index in [0.717, 1.165) is 11.3 Å². The molecule has 4 rings (SSSR count). The fourth-order valence-electron chi connectivity index (χ4n) is 2.89. The number of nitriles is 1. The van der Waals surface area contributed by atoms with E-state index < -0.39 is 5.78 Å². The van der Waals surface area contributed by atoms with Crippen LogP contribution in [0.3, 0.4) is 0 Å². The second-order valence-electron chi connectivity index (χ2n) is 6.00. The number of ether oxygens (including phenoxy) is 3. The number of methoxy groups -OCH3 is 1. The third kappa shape index (κ3) is 3.19. The van der Waals surface area contributed by atoms with E-state index in [1.807, 2.05) is 30.3 Å². The summed E-state index contributed by atoms with van der Waals surface area (Å²) in [4.78, 5) is 12.8. The molecule has 0 saturated carbocycles. The Morgan fingerprint density at radius 1 is 1.21 bits per heavy atom. The summed E-state index contributed by atoms with van der Waals surface area (Å²) in [5.74, 6) is 1.40. The van der Waals surface area contributed by atoms with E-state index in [2.05, 4.69) is 10.2 Å². The number of H-pyrrole nitrogens is 1. The molecule has 0 spiro atoms. The van der Waals surface area contributed by atoms with Crippen LogP contribution in [0.5, 0.6) is 17.2 Å². The number of benzene rings is 2. The first-order chi connectivity index (χ1) is 13.7. The summed E-state index contributed by atoms with van der Waals surface area (Å²) in [5.41, 5.74) is 2.55. The Kier molecular flexibility index (Phi) is 4.52. The summed E-state index contributed by atoms with van der Waals surface area (Å²) < 4.78 is 15.7. The molecule has 2 aromatic carbocycles. The Balaban J connectivity index is 1.66. The fourth-order valence-corrected chi connectivity index (χ4v) is 2.89. The summed E-state index contributed by atoms with van der Waals surface area (Å²) in [6.07, 6.45) is 3.10. The second kappa shape index (κ2) is 7.29. The molecule has 0 saturated heterocycles. The first-order valence-corrected chi connectivity index (χ1v) is 8.43. The number of fused-ring (bicyclic) bond motifs is 1. The van der Waals surface area contributed by atoms with Crippen LogP contribution >= 0.6 is 0 Å². The molecule has 138 valence electrons. The van der Waals surface area contributed by atoms with Crippen molar-refractivity contribution in [3.8, 4) is 34.6 Å². The van der Waals surface area contributed by atoms with Crippen LogP contribution in [0, 0.1) is 11.3 Å². The maximum atomic E-state index is 12.8. The lowest BCUT2D eigenvalue weighted by Crippen LogP contribution is -2.02. The monoisotopic (exact) mass is 373 g/mol. The van der Waals surface area contributed by atoms with Gasteiger partial charge in [0.05, 0.1) is 19.0 Å². The van der Waals surface area contributed by atoms with E-state index >= 15 is 0 Å². The van der Waals surface area contributed by atoms with Gasteiger partial charge in [-0.25, -0.2) is 0 Å². The first kappa shape index (κ1) is 17.4. The molecule has 7 heteroatoms. The Bertz CT molecular complexity index is 1110. The number of nitrogens with one attached hydrogen (secondary N) is 1. The molecule has 1 aromatic heterocycles. The van der Waals surface area contributed by atoms with Gasteiger partial charge >= 0.3 is 0 Å². The Labute approximate surface area is 160 Å². The third-order valence-corrected chi connectivity index (χ3v) is 4.35. The van der Waals surface area contributed by atoms with Crippen LogP contribution < -0.4 is 14.2 Å². The third-order valence-electron chi connectivity index (χ3n) is 4.35. The van der Waals surface area contributed by atoms with E-state index in [-0.39, 0.29) is 12.4 Å². The zero-order valence-electron chi connectivity index (χ0n) is 14.9. The average Bonchev–Trinajstić information content (AvgIpc) is 3.40. The Morgan fingerprint density at radius 3 is 2.75 bits per heavy atom. The molecule has 0 aliphatic carbocycles. The van der Waals surface area contributed by atoms with Crippen molar-refractivity contribution >= 4 is 11.9 Å². The van der Waals surface area contributed by atoms with E-state index in [0.29, 0.717) is 28.3 Å². The number of hydrogen-bond acceptors (Lipinski definition) is 6. The minimum absolute atomic E-state index is 0.00460. The van der Waals surface area contributed by atoms with Gasteiger partial charge in [-0.2, -0.15) is 10.4 Å². The van der Waals surface area contributed by atoms with Crippen molar-refractivity contribution in [3.05, 3.63) is 65.4 Å². The molecule has 1 aliphatic rings. The van der Waals surface area contributed by atoms with Gasteiger partial charge in [0.15, 0.2) is 11.5 Å². The molecular weight excluding hydrogens is 358 g/mol. The molecule has 1 aliphatic heterocycles. The lowest BCUT2D eigenvalue weighted by molar-refractivity contribution is 0.103. The van der Waals surface area contributed by atoms with Crippen LogP contribution in [0.4, 0.5) is 0 Å².